The minimum absolute atomic E-state index is 0.0126. The number of hydrazone groups is 1. The van der Waals surface area contributed by atoms with Crippen LogP contribution in [0.3, 0.4) is 0 Å². The smallest absolute Gasteiger partial charge is 0.257 e. The van der Waals surface area contributed by atoms with E-state index in [1.807, 2.05) is 36.2 Å². The molecule has 0 bridgehead atoms. The molecular formula is C27H35ClN6O2. The van der Waals surface area contributed by atoms with Crippen molar-refractivity contribution in [3.8, 4) is 5.75 Å². The number of halogens is 1. The van der Waals surface area contributed by atoms with Gasteiger partial charge in [0.2, 0.25) is 0 Å². The predicted molar refractivity (Wildman–Crippen MR) is 143 cm³/mol. The number of ether oxygens (including phenoxy) is 1. The first-order chi connectivity index (χ1) is 17.3. The van der Waals surface area contributed by atoms with Crippen molar-refractivity contribution in [2.45, 2.75) is 64.6 Å². The number of carbonyl (C=O) groups excluding carboxylic acids is 1. The summed E-state index contributed by atoms with van der Waals surface area (Å²) in [7, 11) is 0. The number of carbonyl (C=O) groups is 1. The van der Waals surface area contributed by atoms with Crippen molar-refractivity contribution in [3.05, 3.63) is 52.5 Å². The van der Waals surface area contributed by atoms with Gasteiger partial charge in [0, 0.05) is 60.6 Å². The lowest BCUT2D eigenvalue weighted by molar-refractivity contribution is 0.0581. The van der Waals surface area contributed by atoms with E-state index >= 15 is 0 Å². The summed E-state index contributed by atoms with van der Waals surface area (Å²) in [4.78, 5) is 23.1. The summed E-state index contributed by atoms with van der Waals surface area (Å²) in [6.07, 6.45) is 9.98. The molecule has 8 nitrogen and oxygen atoms in total. The van der Waals surface area contributed by atoms with E-state index in [9.17, 15) is 4.79 Å². The molecular weight excluding hydrogens is 476 g/mol. The third-order valence-corrected chi connectivity index (χ3v) is 7.38. The highest BCUT2D eigenvalue weighted by Gasteiger charge is 2.36. The van der Waals surface area contributed by atoms with Crippen LogP contribution in [0.2, 0.25) is 5.02 Å². The molecule has 0 aromatic heterocycles. The molecule has 5 rings (SSSR count). The molecule has 4 heterocycles. The fourth-order valence-corrected chi connectivity index (χ4v) is 5.60. The molecule has 0 aliphatic carbocycles. The first-order valence-corrected chi connectivity index (χ1v) is 13.3. The maximum absolute atomic E-state index is 13.8. The second-order valence-corrected chi connectivity index (χ2v) is 10.8. The minimum atomic E-state index is -0.0540. The van der Waals surface area contributed by atoms with Gasteiger partial charge >= 0.3 is 0 Å². The second kappa shape index (κ2) is 10.3. The zero-order chi connectivity index (χ0) is 25.4. The highest BCUT2D eigenvalue weighted by molar-refractivity contribution is 6.31. The van der Waals surface area contributed by atoms with Crippen LogP contribution in [0.25, 0.3) is 0 Å². The molecule has 36 heavy (non-hydrogen) atoms. The van der Waals surface area contributed by atoms with Crippen molar-refractivity contribution in [2.24, 2.45) is 21.7 Å². The van der Waals surface area contributed by atoms with Crippen LogP contribution in [-0.2, 0) is 0 Å². The molecule has 4 aliphatic rings. The number of nitrogens with zero attached hydrogens (tertiary/aromatic N) is 5. The highest BCUT2D eigenvalue weighted by atomic mass is 35.5. The number of amides is 1. The van der Waals surface area contributed by atoms with Crippen LogP contribution >= 0.6 is 11.6 Å². The molecule has 0 radical (unpaired) electrons. The lowest BCUT2D eigenvalue weighted by Gasteiger charge is -2.40. The van der Waals surface area contributed by atoms with E-state index in [2.05, 4.69) is 17.9 Å². The number of rotatable bonds is 4. The van der Waals surface area contributed by atoms with E-state index in [-0.39, 0.29) is 30.0 Å². The fourth-order valence-electron chi connectivity index (χ4n) is 5.43. The van der Waals surface area contributed by atoms with Crippen LogP contribution in [0, 0.1) is 5.92 Å². The fraction of sp³-hybridized carbons (Fsp3) is 0.519. The summed E-state index contributed by atoms with van der Waals surface area (Å²) in [5.74, 6) is 2.24. The summed E-state index contributed by atoms with van der Waals surface area (Å²) in [6.45, 7) is 8.38. The lowest BCUT2D eigenvalue weighted by Crippen LogP contribution is -2.48. The molecule has 2 saturated heterocycles. The molecule has 1 aromatic rings. The van der Waals surface area contributed by atoms with Gasteiger partial charge in [-0.25, -0.2) is 10.0 Å². The number of piperidine rings is 1. The average Bonchev–Trinajstić information content (AvgIpc) is 3.29. The summed E-state index contributed by atoms with van der Waals surface area (Å²) < 4.78 is 5.95. The van der Waals surface area contributed by atoms with Crippen LogP contribution in [0.5, 0.6) is 5.75 Å². The van der Waals surface area contributed by atoms with E-state index in [1.165, 1.54) is 0 Å². The molecule has 1 amide bonds. The number of likely N-dealkylation sites (tertiary alicyclic amines) is 2. The maximum atomic E-state index is 13.8. The molecule has 3 atom stereocenters. The molecule has 192 valence electrons. The Morgan fingerprint density at radius 1 is 1.22 bits per heavy atom. The van der Waals surface area contributed by atoms with Gasteiger partial charge in [-0.1, -0.05) is 11.6 Å². The Hall–Kier alpha value is -2.84. The molecule has 4 aliphatic heterocycles. The number of amidine groups is 1. The Bertz CT molecular complexity index is 1140. The zero-order valence-corrected chi connectivity index (χ0v) is 22.0. The third-order valence-electron chi connectivity index (χ3n) is 7.14. The van der Waals surface area contributed by atoms with Crippen LogP contribution in [-0.4, -0.2) is 70.6 Å². The van der Waals surface area contributed by atoms with Gasteiger partial charge in [0.25, 0.3) is 5.91 Å². The number of hydrogen-bond donors (Lipinski definition) is 1. The molecule has 1 aromatic carbocycles. The maximum Gasteiger partial charge on any atom is 0.257 e. The number of aliphatic imine (C=N–C) groups is 1. The number of hydrogen-bond acceptors (Lipinski definition) is 7. The third kappa shape index (κ3) is 5.02. The van der Waals surface area contributed by atoms with Crippen LogP contribution in [0.15, 0.2) is 52.0 Å². The Labute approximate surface area is 218 Å². The van der Waals surface area contributed by atoms with E-state index in [4.69, 9.17) is 32.2 Å². The number of benzene rings is 1. The normalized spacial score (nSPS) is 26.0. The molecule has 0 saturated carbocycles. The second-order valence-electron chi connectivity index (χ2n) is 10.3. The molecule has 2 fully saturated rings. The van der Waals surface area contributed by atoms with Crippen molar-refractivity contribution < 1.29 is 9.53 Å². The monoisotopic (exact) mass is 510 g/mol. The largest absolute Gasteiger partial charge is 0.490 e. The molecule has 0 spiro atoms. The van der Waals surface area contributed by atoms with Gasteiger partial charge < -0.3 is 20.3 Å². The van der Waals surface area contributed by atoms with Gasteiger partial charge in [0.05, 0.1) is 11.7 Å². The Kier molecular flexibility index (Phi) is 7.08. The van der Waals surface area contributed by atoms with Crippen LogP contribution < -0.4 is 10.5 Å². The van der Waals surface area contributed by atoms with Gasteiger partial charge in [0.1, 0.15) is 11.6 Å². The Balaban J connectivity index is 1.42. The zero-order valence-electron chi connectivity index (χ0n) is 21.2. The average molecular weight is 511 g/mol. The van der Waals surface area contributed by atoms with Crippen molar-refractivity contribution in [2.75, 3.05) is 19.6 Å². The Morgan fingerprint density at radius 2 is 2.06 bits per heavy atom. The Morgan fingerprint density at radius 3 is 2.81 bits per heavy atom. The van der Waals surface area contributed by atoms with Crippen molar-refractivity contribution in [1.82, 2.24) is 14.8 Å². The van der Waals surface area contributed by atoms with Gasteiger partial charge in [-0.15, -0.1) is 0 Å². The van der Waals surface area contributed by atoms with Gasteiger partial charge in [-0.05, 0) is 70.7 Å². The lowest BCUT2D eigenvalue weighted by atomic mass is 9.89. The van der Waals surface area contributed by atoms with E-state index < -0.39 is 0 Å². The predicted octanol–water partition coefficient (Wildman–Crippen LogP) is 4.23. The molecule has 9 heteroatoms. The summed E-state index contributed by atoms with van der Waals surface area (Å²) >= 11 is 6.29. The van der Waals surface area contributed by atoms with E-state index in [0.29, 0.717) is 22.9 Å². The number of fused-ring (bicyclic) bond motifs is 1. The van der Waals surface area contributed by atoms with Crippen molar-refractivity contribution in [1.29, 1.82) is 0 Å². The highest BCUT2D eigenvalue weighted by Crippen LogP contribution is 2.33. The first kappa shape index (κ1) is 24.8. The van der Waals surface area contributed by atoms with E-state index in [1.54, 1.807) is 18.2 Å². The van der Waals surface area contributed by atoms with Crippen molar-refractivity contribution >= 4 is 29.6 Å². The molecule has 2 N–H and O–H groups in total. The summed E-state index contributed by atoms with van der Waals surface area (Å²) in [5.41, 5.74) is 7.73. The summed E-state index contributed by atoms with van der Waals surface area (Å²) in [6, 6.07) is 5.43. The topological polar surface area (TPSA) is 86.8 Å². The first-order valence-electron chi connectivity index (χ1n) is 12.9. The van der Waals surface area contributed by atoms with Gasteiger partial charge in [-0.3, -0.25) is 4.79 Å². The number of nitrogens with two attached hydrogens (primary N) is 1. The van der Waals surface area contributed by atoms with E-state index in [0.717, 1.165) is 56.0 Å². The van der Waals surface area contributed by atoms with Crippen LogP contribution in [0.1, 0.15) is 56.8 Å². The van der Waals surface area contributed by atoms with Crippen molar-refractivity contribution in [3.63, 3.8) is 0 Å². The molecule has 1 unspecified atom stereocenters. The minimum Gasteiger partial charge on any atom is -0.490 e. The quantitative estimate of drug-likeness (QED) is 0.655. The SMILES string of the molecule is CC1=CN2N=CC([C@@H]3CCCCN3C(=O)c3cc(Cl)ccc3OC(C)C)C=C2N=C1N1CC[C@H](N)C1. The van der Waals surface area contributed by atoms with Crippen LogP contribution in [0.4, 0.5) is 0 Å². The summed E-state index contributed by atoms with van der Waals surface area (Å²) in [5, 5.41) is 7.05. The van der Waals surface area contributed by atoms with Gasteiger partial charge in [-0.2, -0.15) is 5.10 Å². The van der Waals surface area contributed by atoms with Gasteiger partial charge in [0.15, 0.2) is 5.82 Å². The standard InChI is InChI=1S/C27H35ClN6O2/c1-17(2)36-24-8-7-20(28)13-22(24)27(35)33-10-5-4-6-23(33)19-12-25-31-26(32-11-9-21(29)16-32)18(3)15-34(25)30-14-19/h7-8,12-15,17,19,21,23H,4-6,9-11,16,29H2,1-3H3/t19?,21-,23-/m0/s1.